The van der Waals surface area contributed by atoms with Crippen molar-refractivity contribution in [2.45, 2.75) is 17.5 Å². The fourth-order valence-corrected chi connectivity index (χ4v) is 4.94. The van der Waals surface area contributed by atoms with Crippen molar-refractivity contribution >= 4 is 57.5 Å². The molecule has 0 aliphatic heterocycles. The Bertz CT molecular complexity index is 1280. The van der Waals surface area contributed by atoms with Gasteiger partial charge in [-0.25, -0.2) is 8.42 Å². The summed E-state index contributed by atoms with van der Waals surface area (Å²) in [5.41, 5.74) is -2.43. The highest BCUT2D eigenvalue weighted by Crippen LogP contribution is 2.36. The average molecular weight is 515 g/mol. The van der Waals surface area contributed by atoms with E-state index in [-0.39, 0.29) is 22.1 Å². The molecule has 1 N–H and O–H groups in total. The van der Waals surface area contributed by atoms with Gasteiger partial charge in [-0.3, -0.25) is 14.2 Å². The molecule has 0 aliphatic carbocycles. The van der Waals surface area contributed by atoms with Crippen LogP contribution in [0.5, 0.6) is 0 Å². The summed E-state index contributed by atoms with van der Waals surface area (Å²) >= 11 is 6.09. The van der Waals surface area contributed by atoms with Crippen LogP contribution in [0.15, 0.2) is 71.6 Å². The van der Waals surface area contributed by atoms with Gasteiger partial charge >= 0.3 is 0 Å². The van der Waals surface area contributed by atoms with Crippen LogP contribution in [0.25, 0.3) is 0 Å². The van der Waals surface area contributed by atoms with Crippen LogP contribution in [0.2, 0.25) is 5.02 Å². The number of anilines is 2. The highest BCUT2D eigenvalue weighted by atomic mass is 35.5. The Labute approximate surface area is 194 Å². The first-order valence-corrected chi connectivity index (χ1v) is 12.1. The molecular weight excluding hydrogens is 496 g/mol. The number of sulfonamides is 1. The maximum absolute atomic E-state index is 13.5. The molecule has 2 atom stereocenters. The summed E-state index contributed by atoms with van der Waals surface area (Å²) in [5.74, 6) is -0.385. The van der Waals surface area contributed by atoms with Gasteiger partial charge in [0, 0.05) is 16.9 Å². The molecule has 168 valence electrons. The number of hydrogen-bond donors (Lipinski definition) is 1. The zero-order valence-electron chi connectivity index (χ0n) is 16.7. The Morgan fingerprint density at radius 2 is 1.75 bits per heavy atom. The number of carbonyl (C=O) groups is 1. The van der Waals surface area contributed by atoms with E-state index in [0.29, 0.717) is 21.8 Å². The van der Waals surface area contributed by atoms with Gasteiger partial charge in [0.25, 0.3) is 21.6 Å². The molecule has 32 heavy (non-hydrogen) atoms. The van der Waals surface area contributed by atoms with Gasteiger partial charge in [-0.05, 0) is 64.3 Å². The minimum Gasteiger partial charge on any atom is -0.293 e. The third-order valence-electron chi connectivity index (χ3n) is 4.55. The number of nitrogens with one attached hydrogen (secondary N) is 1. The second kappa shape index (κ2) is 9.40. The summed E-state index contributed by atoms with van der Waals surface area (Å²) in [4.78, 5) is 12.7. The summed E-state index contributed by atoms with van der Waals surface area (Å²) < 4.78 is 56.4. The molecule has 2 unspecified atom stereocenters. The standard InChI is InChI=1S/C21H19ClF2N2O3P2S/c1-13-11-16(26(31)20(27)17-7-2-3-8-18(17)22)9-10-19(13)32(28,29)25-15-6-4-5-14(12-15)21(23,24)30/h2-12,25H,30-31H2,1H3. The predicted molar refractivity (Wildman–Crippen MR) is 130 cm³/mol. The van der Waals surface area contributed by atoms with E-state index in [1.807, 2.05) is 0 Å². The monoisotopic (exact) mass is 514 g/mol. The van der Waals surface area contributed by atoms with Crippen LogP contribution >= 0.6 is 30.2 Å². The van der Waals surface area contributed by atoms with Crippen LogP contribution in [0, 0.1) is 6.92 Å². The molecule has 0 spiro atoms. The predicted octanol–water partition coefficient (Wildman–Crippen LogP) is 5.81. The summed E-state index contributed by atoms with van der Waals surface area (Å²) in [6.45, 7) is 1.57. The minimum absolute atomic E-state index is 0.00896. The highest BCUT2D eigenvalue weighted by molar-refractivity contribution is 7.92. The second-order valence-corrected chi connectivity index (χ2v) is 10.2. The smallest absolute Gasteiger partial charge is 0.283 e. The maximum Gasteiger partial charge on any atom is 0.283 e. The van der Waals surface area contributed by atoms with Crippen molar-refractivity contribution in [3.8, 4) is 0 Å². The lowest BCUT2D eigenvalue weighted by atomic mass is 10.2. The van der Waals surface area contributed by atoms with E-state index >= 15 is 0 Å². The summed E-state index contributed by atoms with van der Waals surface area (Å²) in [6.07, 6.45) is 0. The van der Waals surface area contributed by atoms with E-state index in [0.717, 1.165) is 6.07 Å². The number of amides is 1. The molecule has 0 saturated heterocycles. The van der Waals surface area contributed by atoms with E-state index in [2.05, 4.69) is 14.1 Å². The van der Waals surface area contributed by atoms with Crippen molar-refractivity contribution in [3.05, 3.63) is 88.4 Å². The molecule has 0 aliphatic rings. The van der Waals surface area contributed by atoms with Crippen molar-refractivity contribution < 1.29 is 22.0 Å². The summed E-state index contributed by atoms with van der Waals surface area (Å²) in [6, 6.07) is 15.9. The van der Waals surface area contributed by atoms with Crippen LogP contribution < -0.4 is 9.39 Å². The van der Waals surface area contributed by atoms with Gasteiger partial charge in [0.2, 0.25) is 0 Å². The Morgan fingerprint density at radius 3 is 2.38 bits per heavy atom. The number of nitrogens with zero attached hydrogens (tertiary/aromatic N) is 1. The molecule has 0 bridgehead atoms. The second-order valence-electron chi connectivity index (χ2n) is 6.91. The number of rotatable bonds is 6. The first-order valence-electron chi connectivity index (χ1n) is 9.14. The molecule has 0 heterocycles. The Balaban J connectivity index is 1.87. The van der Waals surface area contributed by atoms with Crippen LogP contribution in [-0.4, -0.2) is 14.3 Å². The molecule has 0 radical (unpaired) electrons. The number of alkyl halides is 2. The van der Waals surface area contributed by atoms with Gasteiger partial charge in [0.1, 0.15) is 0 Å². The number of benzene rings is 3. The number of carbonyl (C=O) groups excluding carboxylic acids is 1. The van der Waals surface area contributed by atoms with Crippen molar-refractivity contribution in [1.29, 1.82) is 0 Å². The lowest BCUT2D eigenvalue weighted by Crippen LogP contribution is -2.21. The summed E-state index contributed by atoms with van der Waals surface area (Å²) in [5, 5.41) is 0.295. The van der Waals surface area contributed by atoms with Gasteiger partial charge in [-0.15, -0.1) is 0 Å². The van der Waals surface area contributed by atoms with Crippen LogP contribution in [0.3, 0.4) is 0 Å². The first kappa shape index (κ1) is 24.5. The lowest BCUT2D eigenvalue weighted by Gasteiger charge is -2.19. The van der Waals surface area contributed by atoms with Gasteiger partial charge in [0.15, 0.2) is 0 Å². The lowest BCUT2D eigenvalue weighted by molar-refractivity contribution is 0.101. The van der Waals surface area contributed by atoms with Gasteiger partial charge in [0.05, 0.1) is 15.5 Å². The SMILES string of the molecule is Cc1cc(N(P)C(=O)c2ccccc2Cl)ccc1S(=O)(=O)Nc1cccc(C(F)(F)P)c1. The first-order chi connectivity index (χ1) is 14.9. The molecule has 11 heteroatoms. The Hall–Kier alpha value is -2.11. The molecule has 0 saturated carbocycles. The topological polar surface area (TPSA) is 66.5 Å². The van der Waals surface area contributed by atoms with E-state index in [4.69, 9.17) is 11.6 Å². The fraction of sp³-hybridized carbons (Fsp3) is 0.0952. The molecule has 3 aromatic carbocycles. The quantitative estimate of drug-likeness (QED) is 0.422. The molecule has 0 aromatic heterocycles. The van der Waals surface area contributed by atoms with Crippen LogP contribution in [0.1, 0.15) is 21.5 Å². The third-order valence-corrected chi connectivity index (χ3v) is 7.29. The Kier molecular flexibility index (Phi) is 7.21. The van der Waals surface area contributed by atoms with E-state index < -0.39 is 15.7 Å². The zero-order chi connectivity index (χ0) is 23.7. The van der Waals surface area contributed by atoms with E-state index in [1.165, 1.54) is 50.3 Å². The van der Waals surface area contributed by atoms with Gasteiger partial charge in [-0.1, -0.05) is 45.1 Å². The fourth-order valence-electron chi connectivity index (χ4n) is 2.97. The molecule has 5 nitrogen and oxygen atoms in total. The molecule has 3 aromatic rings. The molecule has 1 amide bonds. The maximum atomic E-state index is 13.5. The van der Waals surface area contributed by atoms with Crippen molar-refractivity contribution in [2.24, 2.45) is 0 Å². The van der Waals surface area contributed by atoms with E-state index in [9.17, 15) is 22.0 Å². The molecule has 3 rings (SSSR count). The minimum atomic E-state index is -4.06. The average Bonchev–Trinajstić information content (AvgIpc) is 2.72. The van der Waals surface area contributed by atoms with Crippen molar-refractivity contribution in [2.75, 3.05) is 9.39 Å². The largest absolute Gasteiger partial charge is 0.293 e. The van der Waals surface area contributed by atoms with Crippen molar-refractivity contribution in [1.82, 2.24) is 0 Å². The van der Waals surface area contributed by atoms with Crippen LogP contribution in [-0.2, 0) is 15.7 Å². The third kappa shape index (κ3) is 5.44. The molecular formula is C21H19ClF2N2O3P2S. The molecule has 0 fully saturated rings. The van der Waals surface area contributed by atoms with Crippen LogP contribution in [0.4, 0.5) is 20.2 Å². The number of hydrogen-bond acceptors (Lipinski definition) is 3. The number of halogens is 3. The highest BCUT2D eigenvalue weighted by Gasteiger charge is 2.26. The van der Waals surface area contributed by atoms with Gasteiger partial charge < -0.3 is 0 Å². The van der Waals surface area contributed by atoms with Crippen molar-refractivity contribution in [3.63, 3.8) is 0 Å². The summed E-state index contributed by atoms with van der Waals surface area (Å²) in [7, 11) is -0.361. The normalized spacial score (nSPS) is 11.8. The Morgan fingerprint density at radius 1 is 1.06 bits per heavy atom. The number of aryl methyl sites for hydroxylation is 1. The zero-order valence-corrected chi connectivity index (χ0v) is 20.6. The van der Waals surface area contributed by atoms with E-state index in [1.54, 1.807) is 31.2 Å². The van der Waals surface area contributed by atoms with Gasteiger partial charge in [-0.2, -0.15) is 8.78 Å².